The van der Waals surface area contributed by atoms with Crippen molar-refractivity contribution < 1.29 is 19.0 Å². The van der Waals surface area contributed by atoms with Gasteiger partial charge in [0.05, 0.1) is 13.7 Å². The highest BCUT2D eigenvalue weighted by Crippen LogP contribution is 2.29. The van der Waals surface area contributed by atoms with Crippen LogP contribution in [0, 0.1) is 5.82 Å². The maximum Gasteiger partial charge on any atom is 0.161 e. The Morgan fingerprint density at radius 3 is 2.56 bits per heavy atom. The lowest BCUT2D eigenvalue weighted by Crippen LogP contribution is -2.28. The Morgan fingerprint density at radius 1 is 1.00 bits per heavy atom. The van der Waals surface area contributed by atoms with E-state index < -0.39 is 0 Å². The molecule has 0 aromatic heterocycles. The fraction of sp³-hybridized carbons (Fsp3) is 0.368. The van der Waals surface area contributed by atoms with E-state index in [4.69, 9.17) is 14.6 Å². The molecule has 0 aliphatic carbocycles. The second-order valence-corrected chi connectivity index (χ2v) is 5.52. The first-order chi connectivity index (χ1) is 12.2. The third-order valence-corrected chi connectivity index (χ3v) is 3.67. The molecule has 25 heavy (non-hydrogen) atoms. The van der Waals surface area contributed by atoms with Crippen LogP contribution in [0.5, 0.6) is 11.5 Å². The van der Waals surface area contributed by atoms with Gasteiger partial charge >= 0.3 is 0 Å². The minimum absolute atomic E-state index is 0.144. The standard InChI is InChI=1S/C19H25FN2O3/c1-24-19-12-15(13-22-9-8-21-10-11-23)6-7-18(19)25-14-16-4-2-3-5-17(16)20/h2-7,12,21-23H,8-11,13-14H2,1H3. The van der Waals surface area contributed by atoms with Crippen molar-refractivity contribution in [2.75, 3.05) is 33.4 Å². The lowest BCUT2D eigenvalue weighted by atomic mass is 10.2. The lowest BCUT2D eigenvalue weighted by Gasteiger charge is -2.13. The molecule has 0 radical (unpaired) electrons. The van der Waals surface area contributed by atoms with Gasteiger partial charge in [-0.1, -0.05) is 24.3 Å². The number of rotatable bonds is 11. The number of methoxy groups -OCH3 is 1. The molecule has 0 atom stereocenters. The first-order valence-corrected chi connectivity index (χ1v) is 8.30. The van der Waals surface area contributed by atoms with Crippen molar-refractivity contribution in [3.8, 4) is 11.5 Å². The van der Waals surface area contributed by atoms with Gasteiger partial charge in [-0.15, -0.1) is 0 Å². The monoisotopic (exact) mass is 348 g/mol. The number of nitrogens with one attached hydrogen (secondary N) is 2. The minimum atomic E-state index is -0.280. The number of hydrogen-bond donors (Lipinski definition) is 3. The summed E-state index contributed by atoms with van der Waals surface area (Å²) in [4.78, 5) is 0. The van der Waals surface area contributed by atoms with Crippen LogP contribution < -0.4 is 20.1 Å². The van der Waals surface area contributed by atoms with Crippen molar-refractivity contribution in [1.29, 1.82) is 0 Å². The summed E-state index contributed by atoms with van der Waals surface area (Å²) < 4.78 is 24.7. The summed E-state index contributed by atoms with van der Waals surface area (Å²) in [6.45, 7) is 3.19. The van der Waals surface area contributed by atoms with Crippen LogP contribution in [0.25, 0.3) is 0 Å². The van der Waals surface area contributed by atoms with E-state index in [9.17, 15) is 4.39 Å². The molecule has 0 spiro atoms. The molecule has 0 amide bonds. The Morgan fingerprint density at radius 2 is 1.80 bits per heavy atom. The van der Waals surface area contributed by atoms with E-state index in [-0.39, 0.29) is 19.0 Å². The SMILES string of the molecule is COc1cc(CNCCNCCO)ccc1OCc1ccccc1F. The van der Waals surface area contributed by atoms with Crippen molar-refractivity contribution >= 4 is 0 Å². The molecule has 0 saturated carbocycles. The van der Waals surface area contributed by atoms with Gasteiger partial charge in [-0.3, -0.25) is 0 Å². The van der Waals surface area contributed by atoms with E-state index in [1.54, 1.807) is 25.3 Å². The summed E-state index contributed by atoms with van der Waals surface area (Å²) in [5.41, 5.74) is 1.57. The van der Waals surface area contributed by atoms with Gasteiger partial charge in [0.1, 0.15) is 12.4 Å². The number of aliphatic hydroxyl groups excluding tert-OH is 1. The fourth-order valence-corrected chi connectivity index (χ4v) is 2.33. The van der Waals surface area contributed by atoms with E-state index >= 15 is 0 Å². The summed E-state index contributed by atoms with van der Waals surface area (Å²) in [5, 5.41) is 15.1. The molecule has 3 N–H and O–H groups in total. The molecule has 0 fully saturated rings. The summed E-state index contributed by atoms with van der Waals surface area (Å²) in [5.74, 6) is 0.922. The molecule has 0 saturated heterocycles. The van der Waals surface area contributed by atoms with Crippen LogP contribution in [0.4, 0.5) is 4.39 Å². The lowest BCUT2D eigenvalue weighted by molar-refractivity contribution is 0.279. The molecule has 0 bridgehead atoms. The third kappa shape index (κ3) is 6.34. The summed E-state index contributed by atoms with van der Waals surface area (Å²) in [7, 11) is 1.58. The van der Waals surface area contributed by atoms with Gasteiger partial charge in [-0.05, 0) is 23.8 Å². The molecule has 0 aliphatic heterocycles. The molecule has 136 valence electrons. The van der Waals surface area contributed by atoms with Crippen LogP contribution in [0.3, 0.4) is 0 Å². The first kappa shape index (κ1) is 19.2. The van der Waals surface area contributed by atoms with Crippen LogP contribution in [0.2, 0.25) is 0 Å². The smallest absolute Gasteiger partial charge is 0.161 e. The number of halogens is 1. The second-order valence-electron chi connectivity index (χ2n) is 5.52. The zero-order valence-corrected chi connectivity index (χ0v) is 14.4. The molecule has 0 unspecified atom stereocenters. The number of aliphatic hydroxyl groups is 1. The topological polar surface area (TPSA) is 62.8 Å². The van der Waals surface area contributed by atoms with Crippen molar-refractivity contribution in [1.82, 2.24) is 10.6 Å². The Bertz CT molecular complexity index is 652. The summed E-state index contributed by atoms with van der Waals surface area (Å²) in [6.07, 6.45) is 0. The zero-order valence-electron chi connectivity index (χ0n) is 14.4. The highest BCUT2D eigenvalue weighted by atomic mass is 19.1. The Kier molecular flexibility index (Phi) is 8.18. The van der Waals surface area contributed by atoms with Crippen LogP contribution in [0.1, 0.15) is 11.1 Å². The Hall–Kier alpha value is -2.15. The molecule has 2 aromatic rings. The van der Waals surface area contributed by atoms with Crippen molar-refractivity contribution in [3.63, 3.8) is 0 Å². The minimum Gasteiger partial charge on any atom is -0.493 e. The van der Waals surface area contributed by atoms with Crippen LogP contribution >= 0.6 is 0 Å². The van der Waals surface area contributed by atoms with E-state index in [0.717, 1.165) is 18.7 Å². The Labute approximate surface area is 147 Å². The quantitative estimate of drug-likeness (QED) is 0.543. The summed E-state index contributed by atoms with van der Waals surface area (Å²) in [6, 6.07) is 12.2. The van der Waals surface area contributed by atoms with E-state index in [1.165, 1.54) is 6.07 Å². The highest BCUT2D eigenvalue weighted by molar-refractivity contribution is 5.43. The molecule has 2 aromatic carbocycles. The molecule has 6 heteroatoms. The van der Waals surface area contributed by atoms with E-state index in [1.807, 2.05) is 18.2 Å². The largest absolute Gasteiger partial charge is 0.493 e. The van der Waals surface area contributed by atoms with Gasteiger partial charge in [0.15, 0.2) is 11.5 Å². The number of benzene rings is 2. The maximum atomic E-state index is 13.7. The molecule has 0 heterocycles. The van der Waals surface area contributed by atoms with Gasteiger partial charge in [-0.2, -0.15) is 0 Å². The third-order valence-electron chi connectivity index (χ3n) is 3.67. The number of ether oxygens (including phenoxy) is 2. The van der Waals surface area contributed by atoms with Gasteiger partial charge in [0.25, 0.3) is 0 Å². The van der Waals surface area contributed by atoms with Gasteiger partial charge in [0, 0.05) is 31.7 Å². The number of hydrogen-bond acceptors (Lipinski definition) is 5. The predicted molar refractivity (Wildman–Crippen MR) is 95.4 cm³/mol. The Balaban J connectivity index is 1.87. The van der Waals surface area contributed by atoms with Gasteiger partial charge < -0.3 is 25.2 Å². The fourth-order valence-electron chi connectivity index (χ4n) is 2.33. The van der Waals surface area contributed by atoms with Gasteiger partial charge in [-0.25, -0.2) is 4.39 Å². The maximum absolute atomic E-state index is 13.7. The van der Waals surface area contributed by atoms with Crippen molar-refractivity contribution in [2.24, 2.45) is 0 Å². The van der Waals surface area contributed by atoms with E-state index in [2.05, 4.69) is 10.6 Å². The van der Waals surface area contributed by atoms with E-state index in [0.29, 0.717) is 30.2 Å². The predicted octanol–water partition coefficient (Wildman–Crippen LogP) is 2.08. The molecular weight excluding hydrogens is 323 g/mol. The first-order valence-electron chi connectivity index (χ1n) is 8.30. The highest BCUT2D eigenvalue weighted by Gasteiger charge is 2.08. The second kappa shape index (κ2) is 10.7. The molecule has 5 nitrogen and oxygen atoms in total. The van der Waals surface area contributed by atoms with Crippen molar-refractivity contribution in [2.45, 2.75) is 13.2 Å². The van der Waals surface area contributed by atoms with Gasteiger partial charge in [0.2, 0.25) is 0 Å². The average molecular weight is 348 g/mol. The van der Waals surface area contributed by atoms with Crippen molar-refractivity contribution in [3.05, 3.63) is 59.4 Å². The van der Waals surface area contributed by atoms with Crippen LogP contribution in [-0.2, 0) is 13.2 Å². The zero-order chi connectivity index (χ0) is 17.9. The molecule has 0 aliphatic rings. The molecular formula is C19H25FN2O3. The summed E-state index contributed by atoms with van der Waals surface area (Å²) >= 11 is 0. The average Bonchev–Trinajstić information content (AvgIpc) is 2.64. The van der Waals surface area contributed by atoms with Crippen LogP contribution in [-0.4, -0.2) is 38.5 Å². The van der Waals surface area contributed by atoms with Crippen LogP contribution in [0.15, 0.2) is 42.5 Å². The molecule has 2 rings (SSSR count). The normalized spacial score (nSPS) is 10.7.